The van der Waals surface area contributed by atoms with Gasteiger partial charge in [-0.3, -0.25) is 9.59 Å². The van der Waals surface area contributed by atoms with E-state index < -0.39 is 0 Å². The number of hydrogen-bond donors (Lipinski definition) is 1. The third-order valence-electron chi connectivity index (χ3n) is 6.21. The van der Waals surface area contributed by atoms with Gasteiger partial charge in [-0.05, 0) is 42.7 Å². The average molecular weight is 480 g/mol. The number of benzene rings is 2. The lowest BCUT2D eigenvalue weighted by atomic mass is 10.0. The number of amides is 2. The van der Waals surface area contributed by atoms with Gasteiger partial charge in [-0.15, -0.1) is 23.1 Å². The largest absolute Gasteiger partial charge is 0.493 e. The van der Waals surface area contributed by atoms with E-state index in [0.29, 0.717) is 31.0 Å². The quantitative estimate of drug-likeness (QED) is 0.591. The van der Waals surface area contributed by atoms with E-state index in [1.54, 1.807) is 17.3 Å². The number of thioether (sulfide) groups is 1. The molecule has 170 valence electrons. The molecular formula is C25H25N3O3S2. The first kappa shape index (κ1) is 22.0. The molecule has 0 radical (unpaired) electrons. The zero-order valence-electron chi connectivity index (χ0n) is 18.6. The Morgan fingerprint density at radius 3 is 2.94 bits per heavy atom. The SMILES string of the molecule is Cc1ccc(-c2scnc2C(=O)N2CCSC2CNC(=O)c2cccc3c2CCO3)cc1C. The number of rotatable bonds is 5. The molecule has 1 aromatic heterocycles. The molecule has 33 heavy (non-hydrogen) atoms. The number of nitrogens with one attached hydrogen (secondary N) is 1. The summed E-state index contributed by atoms with van der Waals surface area (Å²) in [6.07, 6.45) is 0.743. The Labute approximate surface area is 201 Å². The van der Waals surface area contributed by atoms with Gasteiger partial charge >= 0.3 is 0 Å². The molecule has 1 atom stereocenters. The highest BCUT2D eigenvalue weighted by Crippen LogP contribution is 2.33. The molecule has 1 N–H and O–H groups in total. The van der Waals surface area contributed by atoms with E-state index in [2.05, 4.69) is 36.3 Å². The molecule has 0 saturated carbocycles. The fourth-order valence-corrected chi connectivity index (χ4v) is 6.19. The van der Waals surface area contributed by atoms with Crippen LogP contribution < -0.4 is 10.1 Å². The van der Waals surface area contributed by atoms with Crippen molar-refractivity contribution in [3.8, 4) is 16.2 Å². The van der Waals surface area contributed by atoms with Crippen molar-refractivity contribution < 1.29 is 14.3 Å². The van der Waals surface area contributed by atoms with E-state index in [0.717, 1.165) is 33.9 Å². The zero-order chi connectivity index (χ0) is 22.9. The van der Waals surface area contributed by atoms with Crippen molar-refractivity contribution in [1.82, 2.24) is 15.2 Å². The lowest BCUT2D eigenvalue weighted by Crippen LogP contribution is -2.42. The van der Waals surface area contributed by atoms with E-state index in [1.807, 2.05) is 29.2 Å². The van der Waals surface area contributed by atoms with E-state index in [-0.39, 0.29) is 17.2 Å². The van der Waals surface area contributed by atoms with Crippen LogP contribution in [0.2, 0.25) is 0 Å². The van der Waals surface area contributed by atoms with Gasteiger partial charge in [0.1, 0.15) is 11.4 Å². The van der Waals surface area contributed by atoms with Gasteiger partial charge in [-0.2, -0.15) is 0 Å². The van der Waals surface area contributed by atoms with Crippen molar-refractivity contribution in [1.29, 1.82) is 0 Å². The van der Waals surface area contributed by atoms with Gasteiger partial charge in [0, 0.05) is 36.4 Å². The standard InChI is InChI=1S/C25H25N3O3S2/c1-15-6-7-17(12-16(15)2)23-22(27-14-33-23)25(30)28-9-11-32-21(28)13-26-24(29)19-4-3-5-20-18(19)8-10-31-20/h3-7,12,14,21H,8-11,13H2,1-2H3,(H,26,29). The minimum atomic E-state index is -0.123. The number of aryl methyl sites for hydroxylation is 2. The van der Waals surface area contributed by atoms with Crippen LogP contribution in [0, 0.1) is 13.8 Å². The van der Waals surface area contributed by atoms with E-state index in [1.165, 1.54) is 22.5 Å². The van der Waals surface area contributed by atoms with Crippen molar-refractivity contribution in [3.63, 3.8) is 0 Å². The topological polar surface area (TPSA) is 71.5 Å². The molecular weight excluding hydrogens is 454 g/mol. The lowest BCUT2D eigenvalue weighted by molar-refractivity contribution is 0.0747. The summed E-state index contributed by atoms with van der Waals surface area (Å²) in [5, 5.41) is 2.91. The molecule has 2 aliphatic rings. The van der Waals surface area contributed by atoms with Crippen LogP contribution in [0.5, 0.6) is 5.75 Å². The van der Waals surface area contributed by atoms with Crippen LogP contribution in [0.25, 0.3) is 10.4 Å². The number of aromatic nitrogens is 1. The summed E-state index contributed by atoms with van der Waals surface area (Å²) in [5.74, 6) is 1.42. The van der Waals surface area contributed by atoms with Crippen molar-refractivity contribution in [2.45, 2.75) is 25.6 Å². The second-order valence-corrected chi connectivity index (χ2v) is 10.4. The predicted molar refractivity (Wildman–Crippen MR) is 132 cm³/mol. The molecule has 3 aromatic rings. The Morgan fingerprint density at radius 1 is 1.21 bits per heavy atom. The molecule has 1 fully saturated rings. The zero-order valence-corrected chi connectivity index (χ0v) is 20.2. The molecule has 2 amide bonds. The van der Waals surface area contributed by atoms with Gasteiger partial charge in [0.2, 0.25) is 0 Å². The molecule has 8 heteroatoms. The number of carbonyl (C=O) groups excluding carboxylic acids is 2. The van der Waals surface area contributed by atoms with Gasteiger partial charge < -0.3 is 15.0 Å². The van der Waals surface area contributed by atoms with Crippen molar-refractivity contribution in [3.05, 3.63) is 69.9 Å². The molecule has 3 heterocycles. The maximum atomic E-state index is 13.5. The smallest absolute Gasteiger partial charge is 0.274 e. The Bertz CT molecular complexity index is 1220. The van der Waals surface area contributed by atoms with Crippen molar-refractivity contribution >= 4 is 34.9 Å². The molecule has 2 aliphatic heterocycles. The van der Waals surface area contributed by atoms with Gasteiger partial charge in [0.25, 0.3) is 11.8 Å². The van der Waals surface area contributed by atoms with E-state index in [4.69, 9.17) is 4.74 Å². The molecule has 2 aromatic carbocycles. The molecule has 1 saturated heterocycles. The highest BCUT2D eigenvalue weighted by atomic mass is 32.2. The Hall–Kier alpha value is -2.84. The first-order valence-electron chi connectivity index (χ1n) is 11.0. The molecule has 0 aliphatic carbocycles. The summed E-state index contributed by atoms with van der Waals surface area (Å²) < 4.78 is 5.58. The summed E-state index contributed by atoms with van der Waals surface area (Å²) in [5.41, 5.74) is 7.26. The number of nitrogens with zero attached hydrogens (tertiary/aromatic N) is 2. The minimum absolute atomic E-state index is 0.0808. The summed E-state index contributed by atoms with van der Waals surface area (Å²) in [6, 6.07) is 11.8. The highest BCUT2D eigenvalue weighted by molar-refractivity contribution is 8.00. The summed E-state index contributed by atoms with van der Waals surface area (Å²) in [4.78, 5) is 33.5. The van der Waals surface area contributed by atoms with Crippen LogP contribution in [-0.2, 0) is 6.42 Å². The van der Waals surface area contributed by atoms with Gasteiger partial charge in [-0.1, -0.05) is 24.3 Å². The normalized spacial score (nSPS) is 17.0. The first-order chi connectivity index (χ1) is 16.0. The van der Waals surface area contributed by atoms with Gasteiger partial charge in [0.15, 0.2) is 0 Å². The average Bonchev–Trinajstić information content (AvgIpc) is 3.58. The molecule has 5 rings (SSSR count). The lowest BCUT2D eigenvalue weighted by Gasteiger charge is -2.24. The van der Waals surface area contributed by atoms with Crippen LogP contribution >= 0.6 is 23.1 Å². The highest BCUT2D eigenvalue weighted by Gasteiger charge is 2.33. The summed E-state index contributed by atoms with van der Waals surface area (Å²) in [7, 11) is 0. The third kappa shape index (κ3) is 4.25. The first-order valence-corrected chi connectivity index (χ1v) is 12.9. The number of thiazole rings is 1. The van der Waals surface area contributed by atoms with Crippen LogP contribution in [0.15, 0.2) is 41.9 Å². The fraction of sp³-hybridized carbons (Fsp3) is 0.320. The predicted octanol–water partition coefficient (Wildman–Crippen LogP) is 4.31. The second kappa shape index (κ2) is 9.19. The summed E-state index contributed by atoms with van der Waals surface area (Å²) in [6.45, 7) is 5.79. The van der Waals surface area contributed by atoms with Crippen LogP contribution in [0.1, 0.15) is 37.5 Å². The minimum Gasteiger partial charge on any atom is -0.493 e. The van der Waals surface area contributed by atoms with E-state index >= 15 is 0 Å². The van der Waals surface area contributed by atoms with Gasteiger partial charge in [-0.25, -0.2) is 4.98 Å². The Morgan fingerprint density at radius 2 is 2.09 bits per heavy atom. The second-order valence-electron chi connectivity index (χ2n) is 8.24. The number of hydrogen-bond acceptors (Lipinski definition) is 6. The number of carbonyl (C=O) groups is 2. The van der Waals surface area contributed by atoms with Crippen molar-refractivity contribution in [2.75, 3.05) is 25.4 Å². The maximum Gasteiger partial charge on any atom is 0.274 e. The third-order valence-corrected chi connectivity index (χ3v) is 8.31. The maximum absolute atomic E-state index is 13.5. The Kier molecular flexibility index (Phi) is 6.12. The van der Waals surface area contributed by atoms with Crippen LogP contribution in [0.4, 0.5) is 0 Å². The molecule has 0 bridgehead atoms. The van der Waals surface area contributed by atoms with E-state index in [9.17, 15) is 9.59 Å². The molecule has 1 unspecified atom stereocenters. The van der Waals surface area contributed by atoms with Crippen LogP contribution in [0.3, 0.4) is 0 Å². The van der Waals surface area contributed by atoms with Crippen LogP contribution in [-0.4, -0.2) is 52.5 Å². The van der Waals surface area contributed by atoms with Gasteiger partial charge in [0.05, 0.1) is 22.4 Å². The Balaban J connectivity index is 1.30. The monoisotopic (exact) mass is 479 g/mol. The fourth-order valence-electron chi connectivity index (χ4n) is 4.25. The van der Waals surface area contributed by atoms with Crippen molar-refractivity contribution in [2.24, 2.45) is 0 Å². The molecule has 6 nitrogen and oxygen atoms in total. The number of ether oxygens (including phenoxy) is 1. The molecule has 0 spiro atoms. The summed E-state index contributed by atoms with van der Waals surface area (Å²) >= 11 is 3.17. The number of fused-ring (bicyclic) bond motifs is 1.